The van der Waals surface area contributed by atoms with Crippen molar-refractivity contribution in [2.45, 2.75) is 6.54 Å². The molecule has 0 saturated carbocycles. The van der Waals surface area contributed by atoms with E-state index in [4.69, 9.17) is 0 Å². The van der Waals surface area contributed by atoms with Crippen LogP contribution in [-0.2, 0) is 6.54 Å². The van der Waals surface area contributed by atoms with E-state index in [-0.39, 0.29) is 5.43 Å². The molecule has 0 fully saturated rings. The summed E-state index contributed by atoms with van der Waals surface area (Å²) >= 11 is 0. The van der Waals surface area contributed by atoms with Crippen LogP contribution in [0.2, 0.25) is 0 Å². The van der Waals surface area contributed by atoms with Crippen LogP contribution in [0.25, 0.3) is 21.8 Å². The van der Waals surface area contributed by atoms with Crippen LogP contribution < -0.4 is 5.43 Å². The molecule has 0 aliphatic rings. The Morgan fingerprint density at radius 1 is 0.882 bits per heavy atom. The third-order valence-electron chi connectivity index (χ3n) is 3.10. The minimum absolute atomic E-state index is 0.0981. The second-order valence-corrected chi connectivity index (χ2v) is 4.02. The van der Waals surface area contributed by atoms with Gasteiger partial charge in [-0.1, -0.05) is 24.3 Å². The fraction of sp³-hybridized carbons (Fsp3) is 0.0667. The van der Waals surface area contributed by atoms with Crippen LogP contribution >= 0.6 is 0 Å². The van der Waals surface area contributed by atoms with Crippen molar-refractivity contribution >= 4 is 21.8 Å². The second kappa shape index (κ2) is 3.74. The van der Waals surface area contributed by atoms with Crippen LogP contribution in [0.5, 0.6) is 0 Å². The van der Waals surface area contributed by atoms with Crippen molar-refractivity contribution < 1.29 is 0 Å². The molecule has 1 heterocycles. The average Bonchev–Trinajstić information content (AvgIpc) is 2.40. The zero-order chi connectivity index (χ0) is 11.8. The summed E-state index contributed by atoms with van der Waals surface area (Å²) < 4.78 is 2.08. The number of fused-ring (bicyclic) bond motifs is 2. The summed E-state index contributed by atoms with van der Waals surface area (Å²) in [6.07, 6.45) is 0. The van der Waals surface area contributed by atoms with Crippen molar-refractivity contribution in [2.75, 3.05) is 0 Å². The van der Waals surface area contributed by atoms with Crippen LogP contribution in [-0.4, -0.2) is 4.57 Å². The van der Waals surface area contributed by atoms with Gasteiger partial charge in [-0.25, -0.2) is 0 Å². The normalized spacial score (nSPS) is 11.1. The van der Waals surface area contributed by atoms with Gasteiger partial charge in [-0.05, 0) is 31.2 Å². The Morgan fingerprint density at radius 2 is 1.35 bits per heavy atom. The summed E-state index contributed by atoms with van der Waals surface area (Å²) in [6.45, 7) is 4.56. The Kier molecular flexibility index (Phi) is 2.22. The summed E-state index contributed by atoms with van der Waals surface area (Å²) in [6, 6.07) is 15.4. The largest absolute Gasteiger partial charge is 0.340 e. The van der Waals surface area contributed by atoms with E-state index >= 15 is 0 Å². The molecular weight excluding hydrogens is 210 g/mol. The van der Waals surface area contributed by atoms with E-state index in [0.29, 0.717) is 6.54 Å². The van der Waals surface area contributed by atoms with Gasteiger partial charge in [-0.3, -0.25) is 4.79 Å². The standard InChI is InChI=1S/C15H12NO/c1-2-16-13-9-5-3-7-11(13)15(17)12-8-4-6-10-14(12)16/h3-10H,1-2H2. The van der Waals surface area contributed by atoms with Gasteiger partial charge in [0.1, 0.15) is 0 Å². The molecule has 0 bridgehead atoms. The Hall–Kier alpha value is -2.09. The predicted octanol–water partition coefficient (Wildman–Crippen LogP) is 2.99. The third-order valence-corrected chi connectivity index (χ3v) is 3.10. The zero-order valence-electron chi connectivity index (χ0n) is 9.39. The van der Waals surface area contributed by atoms with Crippen molar-refractivity contribution in [3.63, 3.8) is 0 Å². The van der Waals surface area contributed by atoms with Gasteiger partial charge < -0.3 is 4.57 Å². The van der Waals surface area contributed by atoms with Crippen LogP contribution in [0.3, 0.4) is 0 Å². The molecule has 0 spiro atoms. The molecule has 2 heteroatoms. The topological polar surface area (TPSA) is 22.0 Å². The van der Waals surface area contributed by atoms with E-state index in [1.165, 1.54) is 0 Å². The van der Waals surface area contributed by atoms with Crippen molar-refractivity contribution in [3.05, 3.63) is 65.7 Å². The number of pyridine rings is 1. The maximum Gasteiger partial charge on any atom is 0.197 e. The molecule has 0 N–H and O–H groups in total. The zero-order valence-corrected chi connectivity index (χ0v) is 9.39. The summed E-state index contributed by atoms with van der Waals surface area (Å²) in [4.78, 5) is 12.3. The van der Waals surface area contributed by atoms with Gasteiger partial charge in [-0.2, -0.15) is 0 Å². The highest BCUT2D eigenvalue weighted by molar-refractivity contribution is 5.93. The fourth-order valence-corrected chi connectivity index (χ4v) is 2.32. The molecule has 1 aromatic heterocycles. The molecule has 83 valence electrons. The minimum Gasteiger partial charge on any atom is -0.340 e. The first kappa shape index (κ1) is 10.1. The Labute approximate surface area is 99.1 Å². The smallest absolute Gasteiger partial charge is 0.197 e. The highest BCUT2D eigenvalue weighted by Gasteiger charge is 2.07. The van der Waals surface area contributed by atoms with Crippen molar-refractivity contribution in [1.29, 1.82) is 0 Å². The van der Waals surface area contributed by atoms with E-state index < -0.39 is 0 Å². The lowest BCUT2D eigenvalue weighted by atomic mass is 10.1. The number of hydrogen-bond acceptors (Lipinski definition) is 1. The molecule has 3 rings (SSSR count). The highest BCUT2D eigenvalue weighted by Crippen LogP contribution is 2.18. The van der Waals surface area contributed by atoms with Crippen molar-refractivity contribution in [3.8, 4) is 0 Å². The molecule has 2 nitrogen and oxygen atoms in total. The Morgan fingerprint density at radius 3 is 1.82 bits per heavy atom. The summed E-state index contributed by atoms with van der Waals surface area (Å²) in [5.74, 6) is 0. The SMILES string of the molecule is [CH2]Cn1c2ccccc2c(=O)c2ccccc21. The fourth-order valence-electron chi connectivity index (χ4n) is 2.32. The second-order valence-electron chi connectivity index (χ2n) is 4.02. The molecule has 17 heavy (non-hydrogen) atoms. The Balaban J connectivity index is 2.68. The van der Waals surface area contributed by atoms with E-state index in [1.807, 2.05) is 48.5 Å². The summed E-state index contributed by atoms with van der Waals surface area (Å²) in [5, 5.41) is 1.52. The van der Waals surface area contributed by atoms with Gasteiger partial charge in [0.15, 0.2) is 5.43 Å². The molecular formula is C15H12NO. The molecule has 2 aromatic carbocycles. The molecule has 1 radical (unpaired) electrons. The maximum atomic E-state index is 12.3. The van der Waals surface area contributed by atoms with E-state index in [2.05, 4.69) is 11.5 Å². The minimum atomic E-state index is 0.0981. The maximum absolute atomic E-state index is 12.3. The molecule has 0 aliphatic heterocycles. The molecule has 0 atom stereocenters. The van der Waals surface area contributed by atoms with Crippen molar-refractivity contribution in [1.82, 2.24) is 4.57 Å². The first-order valence-corrected chi connectivity index (χ1v) is 5.62. The van der Waals surface area contributed by atoms with Gasteiger partial charge in [0.05, 0.1) is 11.0 Å². The monoisotopic (exact) mass is 222 g/mol. The molecule has 3 aromatic rings. The summed E-state index contributed by atoms with van der Waals surface area (Å²) in [5.41, 5.74) is 2.00. The summed E-state index contributed by atoms with van der Waals surface area (Å²) in [7, 11) is 0. The van der Waals surface area contributed by atoms with Crippen LogP contribution in [0.4, 0.5) is 0 Å². The van der Waals surface area contributed by atoms with E-state index in [0.717, 1.165) is 21.8 Å². The predicted molar refractivity (Wildman–Crippen MR) is 71.1 cm³/mol. The third kappa shape index (κ3) is 1.37. The average molecular weight is 222 g/mol. The van der Waals surface area contributed by atoms with Gasteiger partial charge in [-0.15, -0.1) is 0 Å². The highest BCUT2D eigenvalue weighted by atomic mass is 16.1. The Bertz CT molecular complexity index is 696. The number of nitrogens with zero attached hydrogens (tertiary/aromatic N) is 1. The first-order valence-electron chi connectivity index (χ1n) is 5.62. The number of para-hydroxylation sites is 2. The molecule has 0 amide bonds. The lowest BCUT2D eigenvalue weighted by Gasteiger charge is -2.12. The molecule has 0 saturated heterocycles. The number of benzene rings is 2. The van der Waals surface area contributed by atoms with Gasteiger partial charge >= 0.3 is 0 Å². The number of aromatic nitrogens is 1. The lowest BCUT2D eigenvalue weighted by Crippen LogP contribution is -2.10. The quantitative estimate of drug-likeness (QED) is 0.580. The lowest BCUT2D eigenvalue weighted by molar-refractivity contribution is 0.888. The van der Waals surface area contributed by atoms with Crippen LogP contribution in [0.1, 0.15) is 0 Å². The molecule has 0 unspecified atom stereocenters. The van der Waals surface area contributed by atoms with E-state index in [1.54, 1.807) is 0 Å². The van der Waals surface area contributed by atoms with E-state index in [9.17, 15) is 4.79 Å². The van der Waals surface area contributed by atoms with Gasteiger partial charge in [0, 0.05) is 17.3 Å². The van der Waals surface area contributed by atoms with Crippen molar-refractivity contribution in [2.24, 2.45) is 0 Å². The van der Waals surface area contributed by atoms with Crippen LogP contribution in [0, 0.1) is 6.92 Å². The van der Waals surface area contributed by atoms with Gasteiger partial charge in [0.25, 0.3) is 0 Å². The number of hydrogen-bond donors (Lipinski definition) is 0. The van der Waals surface area contributed by atoms with Gasteiger partial charge in [0.2, 0.25) is 0 Å². The molecule has 0 aliphatic carbocycles. The first-order chi connectivity index (χ1) is 8.33. The van der Waals surface area contributed by atoms with Crippen LogP contribution in [0.15, 0.2) is 53.3 Å². The number of rotatable bonds is 1.